The van der Waals surface area contributed by atoms with E-state index in [2.05, 4.69) is 5.32 Å². The molecule has 1 aliphatic carbocycles. The predicted molar refractivity (Wildman–Crippen MR) is 52.5 cm³/mol. The highest BCUT2D eigenvalue weighted by atomic mass is 16.2. The van der Waals surface area contributed by atoms with Crippen molar-refractivity contribution in [1.82, 2.24) is 10.2 Å². The van der Waals surface area contributed by atoms with Crippen LogP contribution in [0.4, 0.5) is 4.79 Å². The van der Waals surface area contributed by atoms with Gasteiger partial charge in [-0.15, -0.1) is 0 Å². The van der Waals surface area contributed by atoms with E-state index in [1.807, 2.05) is 6.92 Å². The molecule has 1 rings (SSSR count). The Hall–Kier alpha value is -0.770. The molecule has 1 aliphatic rings. The summed E-state index contributed by atoms with van der Waals surface area (Å²) in [5, 5.41) is 2.94. The van der Waals surface area contributed by atoms with Gasteiger partial charge in [-0.05, 0) is 26.2 Å². The monoisotopic (exact) mass is 185 g/mol. The summed E-state index contributed by atoms with van der Waals surface area (Å²) in [6, 6.07) is 0.320. The first kappa shape index (κ1) is 10.3. The van der Waals surface area contributed by atoms with E-state index in [1.165, 1.54) is 0 Å². The summed E-state index contributed by atoms with van der Waals surface area (Å²) < 4.78 is 0. The number of nitrogens with zero attached hydrogens (tertiary/aromatic N) is 1. The number of carbonyl (C=O) groups excluding carboxylic acids is 1. The van der Waals surface area contributed by atoms with Crippen molar-refractivity contribution >= 4 is 6.03 Å². The van der Waals surface area contributed by atoms with Gasteiger partial charge in [0.15, 0.2) is 0 Å². The maximum atomic E-state index is 11.4. The van der Waals surface area contributed by atoms with Gasteiger partial charge in [0.25, 0.3) is 0 Å². The number of nitrogens with two attached hydrogens (primary N) is 1. The first-order chi connectivity index (χ1) is 6.15. The minimum Gasteiger partial charge on any atom is -0.334 e. The molecule has 0 radical (unpaired) electrons. The molecule has 1 fully saturated rings. The van der Waals surface area contributed by atoms with Crippen LogP contribution in [-0.4, -0.2) is 36.6 Å². The second kappa shape index (κ2) is 4.46. The minimum absolute atomic E-state index is 0.00940. The highest BCUT2D eigenvalue weighted by molar-refractivity contribution is 5.74. The number of urea groups is 1. The van der Waals surface area contributed by atoms with Crippen molar-refractivity contribution in [3.8, 4) is 0 Å². The molecule has 2 unspecified atom stereocenters. The summed E-state index contributed by atoms with van der Waals surface area (Å²) in [6.45, 7) is 2.68. The zero-order valence-corrected chi connectivity index (χ0v) is 8.42. The molecule has 0 saturated heterocycles. The Kier molecular flexibility index (Phi) is 3.54. The Morgan fingerprint density at radius 2 is 2.31 bits per heavy atom. The third-order valence-corrected chi connectivity index (χ3v) is 2.70. The third kappa shape index (κ3) is 2.59. The quantitative estimate of drug-likeness (QED) is 0.659. The smallest absolute Gasteiger partial charge is 0.317 e. The topological polar surface area (TPSA) is 58.4 Å². The summed E-state index contributed by atoms with van der Waals surface area (Å²) in [7, 11) is 1.79. The molecule has 0 aromatic carbocycles. The molecule has 4 heteroatoms. The number of nitrogens with one attached hydrogen (secondary N) is 1. The van der Waals surface area contributed by atoms with Gasteiger partial charge in [-0.25, -0.2) is 4.79 Å². The van der Waals surface area contributed by atoms with Crippen LogP contribution in [0.2, 0.25) is 0 Å². The molecule has 3 N–H and O–H groups in total. The van der Waals surface area contributed by atoms with Crippen molar-refractivity contribution < 1.29 is 4.79 Å². The summed E-state index contributed by atoms with van der Waals surface area (Å²) in [5.74, 6) is 0. The second-order valence-corrected chi connectivity index (χ2v) is 3.66. The van der Waals surface area contributed by atoms with Crippen LogP contribution >= 0.6 is 0 Å². The molecule has 0 bridgehead atoms. The van der Waals surface area contributed by atoms with Crippen molar-refractivity contribution in [2.75, 3.05) is 13.6 Å². The van der Waals surface area contributed by atoms with Gasteiger partial charge in [-0.3, -0.25) is 0 Å². The molecular weight excluding hydrogens is 166 g/mol. The first-order valence-electron chi connectivity index (χ1n) is 4.92. The summed E-state index contributed by atoms with van der Waals surface area (Å²) >= 11 is 0. The normalized spacial score (nSPS) is 27.3. The van der Waals surface area contributed by atoms with Crippen molar-refractivity contribution in [3.63, 3.8) is 0 Å². The highest BCUT2D eigenvalue weighted by Gasteiger charge is 2.25. The largest absolute Gasteiger partial charge is 0.334 e. The lowest BCUT2D eigenvalue weighted by atomic mass is 10.2. The zero-order valence-electron chi connectivity index (χ0n) is 8.42. The van der Waals surface area contributed by atoms with Crippen molar-refractivity contribution in [3.05, 3.63) is 0 Å². The van der Waals surface area contributed by atoms with Gasteiger partial charge in [0.2, 0.25) is 0 Å². The first-order valence-corrected chi connectivity index (χ1v) is 4.92. The number of carbonyl (C=O) groups is 1. The van der Waals surface area contributed by atoms with Gasteiger partial charge in [-0.2, -0.15) is 0 Å². The molecule has 0 spiro atoms. The minimum atomic E-state index is -0.00940. The van der Waals surface area contributed by atoms with Crippen LogP contribution in [0.1, 0.15) is 26.2 Å². The lowest BCUT2D eigenvalue weighted by Crippen LogP contribution is -2.48. The van der Waals surface area contributed by atoms with E-state index in [0.29, 0.717) is 0 Å². The molecule has 13 heavy (non-hydrogen) atoms. The summed E-state index contributed by atoms with van der Waals surface area (Å²) in [6.07, 6.45) is 3.17. The Morgan fingerprint density at radius 1 is 1.62 bits per heavy atom. The van der Waals surface area contributed by atoms with Crippen LogP contribution in [0, 0.1) is 0 Å². The van der Waals surface area contributed by atoms with E-state index >= 15 is 0 Å². The predicted octanol–water partition coefficient (Wildman–Crippen LogP) is 0.527. The fraction of sp³-hybridized carbons (Fsp3) is 0.889. The van der Waals surface area contributed by atoms with Crippen molar-refractivity contribution in [1.29, 1.82) is 0 Å². The summed E-state index contributed by atoms with van der Waals surface area (Å²) in [4.78, 5) is 13.1. The van der Waals surface area contributed by atoms with Crippen LogP contribution in [0.3, 0.4) is 0 Å². The Bertz CT molecular complexity index is 184. The molecule has 0 heterocycles. The molecule has 2 atom stereocenters. The average Bonchev–Trinajstić information content (AvgIpc) is 2.50. The fourth-order valence-electron chi connectivity index (χ4n) is 1.58. The zero-order chi connectivity index (χ0) is 9.84. The maximum absolute atomic E-state index is 11.4. The number of hydrogen-bond acceptors (Lipinski definition) is 2. The molecule has 2 amide bonds. The molecule has 0 aromatic rings. The van der Waals surface area contributed by atoms with Gasteiger partial charge in [0.1, 0.15) is 0 Å². The molecule has 4 nitrogen and oxygen atoms in total. The molecular formula is C9H19N3O. The number of rotatable bonds is 2. The van der Waals surface area contributed by atoms with E-state index in [-0.39, 0.29) is 18.1 Å². The van der Waals surface area contributed by atoms with Crippen molar-refractivity contribution in [2.24, 2.45) is 5.73 Å². The van der Waals surface area contributed by atoms with Crippen LogP contribution in [0.25, 0.3) is 0 Å². The van der Waals surface area contributed by atoms with Gasteiger partial charge in [-0.1, -0.05) is 0 Å². The third-order valence-electron chi connectivity index (χ3n) is 2.70. The second-order valence-electron chi connectivity index (χ2n) is 3.66. The van der Waals surface area contributed by atoms with Crippen LogP contribution in [-0.2, 0) is 0 Å². The van der Waals surface area contributed by atoms with E-state index in [1.54, 1.807) is 11.9 Å². The molecule has 76 valence electrons. The van der Waals surface area contributed by atoms with Gasteiger partial charge in [0, 0.05) is 25.7 Å². The maximum Gasteiger partial charge on any atom is 0.317 e. The standard InChI is InChI=1S/C9H19N3O/c1-3-12(2)9(13)11-8-6-4-5-7(8)10/h7-8H,3-6,10H2,1-2H3,(H,11,13). The molecule has 1 saturated carbocycles. The summed E-state index contributed by atoms with van der Waals surface area (Å²) in [5.41, 5.74) is 5.84. The number of hydrogen-bond donors (Lipinski definition) is 2. The van der Waals surface area contributed by atoms with Crippen LogP contribution < -0.4 is 11.1 Å². The van der Waals surface area contributed by atoms with E-state index in [4.69, 9.17) is 5.73 Å². The van der Waals surface area contributed by atoms with Crippen LogP contribution in [0.5, 0.6) is 0 Å². The number of amides is 2. The average molecular weight is 185 g/mol. The SMILES string of the molecule is CCN(C)C(=O)NC1CCCC1N. The Morgan fingerprint density at radius 3 is 2.77 bits per heavy atom. The Labute approximate surface area is 79.5 Å². The van der Waals surface area contributed by atoms with Gasteiger partial charge >= 0.3 is 6.03 Å². The van der Waals surface area contributed by atoms with E-state index < -0.39 is 0 Å². The fourth-order valence-corrected chi connectivity index (χ4v) is 1.58. The van der Waals surface area contributed by atoms with Crippen molar-refractivity contribution in [2.45, 2.75) is 38.3 Å². The molecule has 0 aliphatic heterocycles. The van der Waals surface area contributed by atoms with E-state index in [9.17, 15) is 4.79 Å². The van der Waals surface area contributed by atoms with Gasteiger partial charge in [0.05, 0.1) is 0 Å². The highest BCUT2D eigenvalue weighted by Crippen LogP contribution is 2.16. The van der Waals surface area contributed by atoms with E-state index in [0.717, 1.165) is 25.8 Å². The lowest BCUT2D eigenvalue weighted by molar-refractivity contribution is 0.206. The lowest BCUT2D eigenvalue weighted by Gasteiger charge is -2.21. The Balaban J connectivity index is 2.35. The molecule has 0 aromatic heterocycles. The van der Waals surface area contributed by atoms with Crippen LogP contribution in [0.15, 0.2) is 0 Å². The van der Waals surface area contributed by atoms with Gasteiger partial charge < -0.3 is 16.0 Å².